The molecule has 11 heavy (non-hydrogen) atoms. The molecule has 0 amide bonds. The van der Waals surface area contributed by atoms with Gasteiger partial charge in [0.2, 0.25) is 0 Å². The van der Waals surface area contributed by atoms with Crippen molar-refractivity contribution in [1.29, 1.82) is 0 Å². The minimum absolute atomic E-state index is 0.939. The quantitative estimate of drug-likeness (QED) is 0.589. The molecule has 1 aliphatic rings. The van der Waals surface area contributed by atoms with Crippen molar-refractivity contribution < 1.29 is 0 Å². The highest BCUT2D eigenvalue weighted by Gasteiger charge is 2.12. The normalized spacial score (nSPS) is 14.5. The highest BCUT2D eigenvalue weighted by molar-refractivity contribution is 5.69. The molecule has 1 N–H and O–H groups in total. The lowest BCUT2D eigenvalue weighted by Crippen LogP contribution is -1.98. The number of fused-ring (bicyclic) bond motifs is 1. The number of rotatable bonds is 0. The average Bonchev–Trinajstić information content (AvgIpc) is 2.33. The van der Waals surface area contributed by atoms with Crippen LogP contribution in [0.2, 0.25) is 0 Å². The van der Waals surface area contributed by atoms with Crippen molar-refractivity contribution in [2.24, 2.45) is 0 Å². The van der Waals surface area contributed by atoms with Crippen LogP contribution >= 0.6 is 0 Å². The molecular formula is C10H11N. The zero-order valence-electron chi connectivity index (χ0n) is 6.65. The Balaban J connectivity index is 2.60. The monoisotopic (exact) mass is 145 g/mol. The van der Waals surface area contributed by atoms with Crippen LogP contribution in [0.5, 0.6) is 0 Å². The minimum Gasteiger partial charge on any atom is -0.381 e. The van der Waals surface area contributed by atoms with E-state index < -0.39 is 0 Å². The first-order valence-corrected chi connectivity index (χ1v) is 3.80. The summed E-state index contributed by atoms with van der Waals surface area (Å²) in [6, 6.07) is 6.48. The lowest BCUT2D eigenvalue weighted by molar-refractivity contribution is 0.946. The van der Waals surface area contributed by atoms with Crippen molar-refractivity contribution in [1.82, 2.24) is 5.32 Å². The fourth-order valence-electron chi connectivity index (χ4n) is 1.42. The molecule has 0 spiro atoms. The van der Waals surface area contributed by atoms with Gasteiger partial charge in [-0.1, -0.05) is 24.3 Å². The van der Waals surface area contributed by atoms with Gasteiger partial charge in [-0.05, 0) is 18.6 Å². The number of hydrogen-bond donors (Lipinski definition) is 1. The fourth-order valence-corrected chi connectivity index (χ4v) is 1.42. The molecule has 0 aromatic heterocycles. The largest absolute Gasteiger partial charge is 0.381 e. The molecule has 0 radical (unpaired) electrons. The lowest BCUT2D eigenvalue weighted by Gasteiger charge is -1.98. The Morgan fingerprint density at radius 2 is 2.27 bits per heavy atom. The van der Waals surface area contributed by atoms with Crippen molar-refractivity contribution >= 4 is 5.70 Å². The maximum atomic E-state index is 3.93. The molecule has 0 unspecified atom stereocenters. The maximum absolute atomic E-state index is 3.93. The van der Waals surface area contributed by atoms with Gasteiger partial charge in [0.25, 0.3) is 0 Å². The molecule has 1 heterocycles. The number of aryl methyl sites for hydroxylation is 1. The van der Waals surface area contributed by atoms with Crippen LogP contribution in [-0.4, -0.2) is 0 Å². The Morgan fingerprint density at radius 3 is 3.09 bits per heavy atom. The van der Waals surface area contributed by atoms with Crippen LogP contribution in [0.1, 0.15) is 16.7 Å². The van der Waals surface area contributed by atoms with Gasteiger partial charge < -0.3 is 5.32 Å². The summed E-state index contributed by atoms with van der Waals surface area (Å²) in [6.45, 7) is 6.97. The first-order valence-electron chi connectivity index (χ1n) is 3.80. The predicted molar refractivity (Wildman–Crippen MR) is 47.1 cm³/mol. The van der Waals surface area contributed by atoms with E-state index in [0.29, 0.717) is 0 Å². The third-order valence-electron chi connectivity index (χ3n) is 2.08. The van der Waals surface area contributed by atoms with Crippen molar-refractivity contribution in [3.8, 4) is 0 Å². The van der Waals surface area contributed by atoms with Gasteiger partial charge in [0, 0.05) is 17.8 Å². The fraction of sp³-hybridized carbons (Fsp3) is 0.200. The van der Waals surface area contributed by atoms with E-state index in [-0.39, 0.29) is 0 Å². The van der Waals surface area contributed by atoms with Crippen molar-refractivity contribution in [3.63, 3.8) is 0 Å². The van der Waals surface area contributed by atoms with Gasteiger partial charge >= 0.3 is 0 Å². The molecule has 1 heteroatoms. The summed E-state index contributed by atoms with van der Waals surface area (Å²) in [7, 11) is 0. The summed E-state index contributed by atoms with van der Waals surface area (Å²) in [4.78, 5) is 0. The zero-order valence-corrected chi connectivity index (χ0v) is 6.65. The van der Waals surface area contributed by atoms with Gasteiger partial charge in [-0.2, -0.15) is 0 Å². The van der Waals surface area contributed by atoms with Gasteiger partial charge in [0.15, 0.2) is 0 Å². The van der Waals surface area contributed by atoms with E-state index >= 15 is 0 Å². The van der Waals surface area contributed by atoms with Crippen molar-refractivity contribution in [2.45, 2.75) is 13.5 Å². The molecule has 1 aromatic rings. The third kappa shape index (κ3) is 0.929. The summed E-state index contributed by atoms with van der Waals surface area (Å²) >= 11 is 0. The average molecular weight is 145 g/mol. The van der Waals surface area contributed by atoms with Gasteiger partial charge in [0.1, 0.15) is 0 Å². The molecule has 0 saturated carbocycles. The van der Waals surface area contributed by atoms with Crippen LogP contribution in [0.4, 0.5) is 0 Å². The first kappa shape index (κ1) is 6.47. The Labute approximate surface area is 66.7 Å². The van der Waals surface area contributed by atoms with Crippen LogP contribution in [0.15, 0.2) is 24.8 Å². The number of benzene rings is 1. The van der Waals surface area contributed by atoms with Gasteiger partial charge in [-0.3, -0.25) is 0 Å². The van der Waals surface area contributed by atoms with Crippen LogP contribution in [0, 0.1) is 6.92 Å². The molecule has 1 aromatic carbocycles. The van der Waals surface area contributed by atoms with Gasteiger partial charge in [-0.25, -0.2) is 0 Å². The minimum atomic E-state index is 0.939. The summed E-state index contributed by atoms with van der Waals surface area (Å²) in [5, 5.41) is 3.22. The van der Waals surface area contributed by atoms with Crippen LogP contribution in [0.25, 0.3) is 5.70 Å². The van der Waals surface area contributed by atoms with E-state index in [2.05, 4.69) is 37.0 Å². The van der Waals surface area contributed by atoms with E-state index in [1.54, 1.807) is 0 Å². The highest BCUT2D eigenvalue weighted by atomic mass is 14.9. The Kier molecular flexibility index (Phi) is 1.25. The van der Waals surface area contributed by atoms with Gasteiger partial charge in [0.05, 0.1) is 0 Å². The summed E-state index contributed by atoms with van der Waals surface area (Å²) in [5.41, 5.74) is 5.00. The molecular weight excluding hydrogens is 134 g/mol. The van der Waals surface area contributed by atoms with E-state index in [0.717, 1.165) is 12.2 Å². The van der Waals surface area contributed by atoms with E-state index in [9.17, 15) is 0 Å². The highest BCUT2D eigenvalue weighted by Crippen LogP contribution is 2.23. The van der Waals surface area contributed by atoms with Crippen molar-refractivity contribution in [2.75, 3.05) is 0 Å². The molecule has 1 aliphatic heterocycles. The van der Waals surface area contributed by atoms with Crippen LogP contribution in [0.3, 0.4) is 0 Å². The van der Waals surface area contributed by atoms with Crippen LogP contribution in [-0.2, 0) is 6.54 Å². The third-order valence-corrected chi connectivity index (χ3v) is 2.08. The lowest BCUT2D eigenvalue weighted by atomic mass is 10.1. The second kappa shape index (κ2) is 2.12. The number of nitrogens with one attached hydrogen (secondary N) is 1. The molecule has 0 atom stereocenters. The van der Waals surface area contributed by atoms with Gasteiger partial charge in [-0.15, -0.1) is 0 Å². The first-order chi connectivity index (χ1) is 5.27. The summed E-state index contributed by atoms with van der Waals surface area (Å²) in [6.07, 6.45) is 0. The molecule has 1 nitrogen and oxygen atoms in total. The Morgan fingerprint density at radius 1 is 1.45 bits per heavy atom. The summed E-state index contributed by atoms with van der Waals surface area (Å²) in [5.74, 6) is 0. The Hall–Kier alpha value is -1.24. The van der Waals surface area contributed by atoms with E-state index in [1.807, 2.05) is 0 Å². The van der Waals surface area contributed by atoms with E-state index in [1.165, 1.54) is 16.7 Å². The van der Waals surface area contributed by atoms with Crippen molar-refractivity contribution in [3.05, 3.63) is 41.5 Å². The zero-order chi connectivity index (χ0) is 7.84. The molecule has 2 rings (SSSR count). The molecule has 0 aliphatic carbocycles. The van der Waals surface area contributed by atoms with E-state index in [4.69, 9.17) is 0 Å². The topological polar surface area (TPSA) is 12.0 Å². The maximum Gasteiger partial charge on any atom is 0.0407 e. The molecule has 56 valence electrons. The second-order valence-electron chi connectivity index (χ2n) is 2.99. The SMILES string of the molecule is C=C1NCc2ccc(C)cc21. The predicted octanol–water partition coefficient (Wildman–Crippen LogP) is 2.07. The second-order valence-corrected chi connectivity index (χ2v) is 2.99. The van der Waals surface area contributed by atoms with Crippen LogP contribution < -0.4 is 5.32 Å². The number of hydrogen-bond acceptors (Lipinski definition) is 1. The molecule has 0 bridgehead atoms. The Bertz CT molecular complexity index is 313. The standard InChI is InChI=1S/C10H11N/c1-7-3-4-9-6-11-8(2)10(9)5-7/h3-5,11H,2,6H2,1H3. The molecule has 0 saturated heterocycles. The summed E-state index contributed by atoms with van der Waals surface area (Å²) < 4.78 is 0. The molecule has 0 fully saturated rings. The smallest absolute Gasteiger partial charge is 0.0407 e.